The fraction of sp³-hybridized carbons (Fsp3) is 0.478. The van der Waals surface area contributed by atoms with Gasteiger partial charge in [0.25, 0.3) is 0 Å². The Balaban J connectivity index is 2.39. The molecule has 0 spiro atoms. The van der Waals surface area contributed by atoms with Crippen LogP contribution in [-0.4, -0.2) is 0 Å². The van der Waals surface area contributed by atoms with E-state index in [4.69, 9.17) is 23.2 Å². The van der Waals surface area contributed by atoms with Gasteiger partial charge < -0.3 is 0 Å². The highest BCUT2D eigenvalue weighted by atomic mass is 35.5. The van der Waals surface area contributed by atoms with Crippen molar-refractivity contribution < 1.29 is 0 Å². The van der Waals surface area contributed by atoms with Crippen LogP contribution in [0.15, 0.2) is 36.4 Å². The number of hydrogen-bond donors (Lipinski definition) is 0. The van der Waals surface area contributed by atoms with Gasteiger partial charge in [0.2, 0.25) is 0 Å². The highest BCUT2D eigenvalue weighted by Gasteiger charge is 2.49. The Labute approximate surface area is 162 Å². The molecule has 0 N–H and O–H groups in total. The molecule has 2 aromatic carbocycles. The van der Waals surface area contributed by atoms with Gasteiger partial charge in [-0.2, -0.15) is 0 Å². The predicted octanol–water partition coefficient (Wildman–Crippen LogP) is 7.52. The van der Waals surface area contributed by atoms with Crippen molar-refractivity contribution >= 4 is 23.2 Å². The first kappa shape index (κ1) is 18.8. The minimum Gasteiger partial charge on any atom is -0.122 e. The molecule has 0 saturated heterocycles. The molecule has 0 aliphatic heterocycles. The van der Waals surface area contributed by atoms with E-state index in [0.29, 0.717) is 23.6 Å². The van der Waals surface area contributed by atoms with Gasteiger partial charge in [-0.05, 0) is 45.2 Å². The lowest BCUT2D eigenvalue weighted by molar-refractivity contribution is 0.235. The second kappa shape index (κ2) is 7.33. The van der Waals surface area contributed by atoms with E-state index in [0.717, 1.165) is 12.8 Å². The first-order valence-corrected chi connectivity index (χ1v) is 10.5. The minimum absolute atomic E-state index is 0.0400. The van der Waals surface area contributed by atoms with Crippen molar-refractivity contribution in [3.8, 4) is 11.1 Å². The summed E-state index contributed by atoms with van der Waals surface area (Å²) < 4.78 is 0. The molecule has 0 heterocycles. The molecule has 25 heavy (non-hydrogen) atoms. The van der Waals surface area contributed by atoms with Crippen molar-refractivity contribution in [2.75, 3.05) is 0 Å². The zero-order valence-electron chi connectivity index (χ0n) is 15.7. The van der Waals surface area contributed by atoms with Crippen LogP contribution in [0, 0.1) is 11.8 Å². The summed E-state index contributed by atoms with van der Waals surface area (Å²) in [5.41, 5.74) is 8.16. The zero-order chi connectivity index (χ0) is 18.2. The molecule has 3 rings (SSSR count). The van der Waals surface area contributed by atoms with Gasteiger partial charge >= 0.3 is 0 Å². The van der Waals surface area contributed by atoms with E-state index in [1.807, 2.05) is 0 Å². The number of rotatable bonds is 6. The van der Waals surface area contributed by atoms with Gasteiger partial charge in [-0.3, -0.25) is 0 Å². The summed E-state index contributed by atoms with van der Waals surface area (Å²) >= 11 is 12.4. The summed E-state index contributed by atoms with van der Waals surface area (Å²) in [6.45, 7) is 9.43. The summed E-state index contributed by atoms with van der Waals surface area (Å²) in [6, 6.07) is 13.6. The van der Waals surface area contributed by atoms with Crippen LogP contribution < -0.4 is 0 Å². The molecule has 2 heteroatoms. The Morgan fingerprint density at radius 1 is 0.760 bits per heavy atom. The minimum atomic E-state index is 0.0400. The van der Waals surface area contributed by atoms with Gasteiger partial charge in [0.05, 0.1) is 0 Å². The number of fused-ring (bicyclic) bond motifs is 3. The number of hydrogen-bond acceptors (Lipinski definition) is 0. The van der Waals surface area contributed by atoms with Crippen LogP contribution in [0.2, 0.25) is 0 Å². The molecule has 0 fully saturated rings. The number of alkyl halides is 2. The molecule has 2 unspecified atom stereocenters. The van der Waals surface area contributed by atoms with Gasteiger partial charge in [0.15, 0.2) is 0 Å². The Hall–Kier alpha value is -0.980. The van der Waals surface area contributed by atoms with Crippen LogP contribution in [0.3, 0.4) is 0 Å². The second-order valence-electron chi connectivity index (χ2n) is 7.51. The highest BCUT2D eigenvalue weighted by molar-refractivity contribution is 6.17. The quantitative estimate of drug-likeness (QED) is 0.458. The first-order chi connectivity index (χ1) is 12.0. The summed E-state index contributed by atoms with van der Waals surface area (Å²) in [6.07, 6.45) is 2.30. The van der Waals surface area contributed by atoms with Crippen molar-refractivity contribution in [2.24, 2.45) is 11.8 Å². The standard InChI is InChI=1S/C23H28Cl2/c1-5-15(3)23(16(4)6-2)21-11-17(13-24)7-9-19(21)20-10-8-18(14-25)12-22(20)23/h7-12,15-16H,5-6,13-14H2,1-4H3. The summed E-state index contributed by atoms with van der Waals surface area (Å²) in [5.74, 6) is 2.23. The van der Waals surface area contributed by atoms with Crippen molar-refractivity contribution in [2.45, 2.75) is 57.7 Å². The molecular weight excluding hydrogens is 347 g/mol. The molecule has 0 aromatic heterocycles. The van der Waals surface area contributed by atoms with Crippen LogP contribution in [0.1, 0.15) is 62.8 Å². The maximum Gasteiger partial charge on any atom is 0.0474 e. The topological polar surface area (TPSA) is 0 Å². The lowest BCUT2D eigenvalue weighted by Gasteiger charge is -2.43. The lowest BCUT2D eigenvalue weighted by Crippen LogP contribution is -2.39. The Morgan fingerprint density at radius 2 is 1.16 bits per heavy atom. The van der Waals surface area contributed by atoms with Crippen molar-refractivity contribution in [1.29, 1.82) is 0 Å². The highest BCUT2D eigenvalue weighted by Crippen LogP contribution is 2.58. The van der Waals surface area contributed by atoms with E-state index in [9.17, 15) is 0 Å². The van der Waals surface area contributed by atoms with E-state index < -0.39 is 0 Å². The van der Waals surface area contributed by atoms with Crippen molar-refractivity contribution in [1.82, 2.24) is 0 Å². The zero-order valence-corrected chi connectivity index (χ0v) is 17.2. The fourth-order valence-electron chi connectivity index (χ4n) is 4.84. The van der Waals surface area contributed by atoms with Crippen LogP contribution in [0.5, 0.6) is 0 Å². The third-order valence-electron chi connectivity index (χ3n) is 6.44. The van der Waals surface area contributed by atoms with E-state index in [1.54, 1.807) is 0 Å². The first-order valence-electron chi connectivity index (χ1n) is 9.43. The predicted molar refractivity (Wildman–Crippen MR) is 111 cm³/mol. The van der Waals surface area contributed by atoms with Crippen LogP contribution in [0.25, 0.3) is 11.1 Å². The third-order valence-corrected chi connectivity index (χ3v) is 7.05. The third kappa shape index (κ3) is 2.73. The van der Waals surface area contributed by atoms with Crippen LogP contribution in [-0.2, 0) is 17.2 Å². The monoisotopic (exact) mass is 374 g/mol. The molecule has 2 atom stereocenters. The molecular formula is C23H28Cl2. The van der Waals surface area contributed by atoms with Crippen molar-refractivity contribution in [3.63, 3.8) is 0 Å². The molecule has 134 valence electrons. The van der Waals surface area contributed by atoms with Gasteiger partial charge in [0, 0.05) is 17.2 Å². The molecule has 0 radical (unpaired) electrons. The smallest absolute Gasteiger partial charge is 0.0474 e. The van der Waals surface area contributed by atoms with Crippen LogP contribution >= 0.6 is 23.2 Å². The summed E-state index contributed by atoms with van der Waals surface area (Å²) in [5, 5.41) is 0. The van der Waals surface area contributed by atoms with Crippen LogP contribution in [0.4, 0.5) is 0 Å². The van der Waals surface area contributed by atoms with Crippen molar-refractivity contribution in [3.05, 3.63) is 58.7 Å². The molecule has 0 nitrogen and oxygen atoms in total. The Bertz CT molecular complexity index is 697. The average Bonchev–Trinajstić information content (AvgIpc) is 2.96. The molecule has 0 amide bonds. The Kier molecular flexibility index (Phi) is 5.51. The number of halogens is 2. The van der Waals surface area contributed by atoms with Gasteiger partial charge in [0.1, 0.15) is 0 Å². The molecule has 2 aromatic rings. The van der Waals surface area contributed by atoms with Gasteiger partial charge in [-0.1, -0.05) is 76.9 Å². The average molecular weight is 375 g/mol. The largest absolute Gasteiger partial charge is 0.122 e. The summed E-state index contributed by atoms with van der Waals surface area (Å²) in [7, 11) is 0. The lowest BCUT2D eigenvalue weighted by atomic mass is 9.60. The molecule has 0 saturated carbocycles. The molecule has 1 aliphatic carbocycles. The number of benzene rings is 2. The second-order valence-corrected chi connectivity index (χ2v) is 8.05. The van der Waals surface area contributed by atoms with E-state index >= 15 is 0 Å². The molecule has 1 aliphatic rings. The fourth-order valence-corrected chi connectivity index (χ4v) is 5.17. The van der Waals surface area contributed by atoms with Gasteiger partial charge in [-0.25, -0.2) is 0 Å². The summed E-state index contributed by atoms with van der Waals surface area (Å²) in [4.78, 5) is 0. The SMILES string of the molecule is CCC(C)C1(C(C)CC)c2cc(CCl)ccc2-c2ccc(CCl)cc21. The normalized spacial score (nSPS) is 17.0. The molecule has 0 bridgehead atoms. The van der Waals surface area contributed by atoms with E-state index in [2.05, 4.69) is 64.1 Å². The Morgan fingerprint density at radius 3 is 1.48 bits per heavy atom. The maximum atomic E-state index is 6.19. The van der Waals surface area contributed by atoms with E-state index in [-0.39, 0.29) is 5.41 Å². The van der Waals surface area contributed by atoms with Gasteiger partial charge in [-0.15, -0.1) is 23.2 Å². The maximum absolute atomic E-state index is 6.19. The van der Waals surface area contributed by atoms with E-state index in [1.165, 1.54) is 33.4 Å².